The van der Waals surface area contributed by atoms with Crippen LogP contribution in [-0.2, 0) is 6.42 Å². The maximum atomic E-state index is 12.6. The minimum Gasteiger partial charge on any atom is -0.251 e. The van der Waals surface area contributed by atoms with E-state index >= 15 is 0 Å². The highest BCUT2D eigenvalue weighted by Gasteiger charge is 2.34. The zero-order chi connectivity index (χ0) is 22.9. The van der Waals surface area contributed by atoms with Crippen molar-refractivity contribution < 1.29 is 4.39 Å². The van der Waals surface area contributed by atoms with Crippen molar-refractivity contribution in [1.29, 1.82) is 0 Å². The Hall–Kier alpha value is -1.11. The van der Waals surface area contributed by atoms with Crippen LogP contribution < -0.4 is 0 Å². The Morgan fingerprint density at radius 2 is 1.12 bits per heavy atom. The van der Waals surface area contributed by atoms with Crippen molar-refractivity contribution in [2.45, 2.75) is 110 Å². The molecule has 0 aromatic heterocycles. The van der Waals surface area contributed by atoms with E-state index in [2.05, 4.69) is 43.3 Å². The minimum atomic E-state index is -0.104. The zero-order valence-corrected chi connectivity index (χ0v) is 21.3. The first kappa shape index (κ1) is 25.0. The molecular weight excluding hydrogens is 403 g/mol. The topological polar surface area (TPSA) is 0 Å². The fourth-order valence-corrected chi connectivity index (χ4v) is 7.56. The van der Waals surface area contributed by atoms with Crippen LogP contribution in [0.25, 0.3) is 6.08 Å². The second-order valence-corrected chi connectivity index (χ2v) is 11.8. The third-order valence-electron chi connectivity index (χ3n) is 9.82. The highest BCUT2D eigenvalue weighted by Crippen LogP contribution is 2.46. The van der Waals surface area contributed by atoms with Crippen molar-refractivity contribution in [1.82, 2.24) is 0 Å². The lowest BCUT2D eigenvalue weighted by molar-refractivity contribution is 0.102. The molecule has 0 nitrogen and oxygen atoms in total. The van der Waals surface area contributed by atoms with Gasteiger partial charge in [0.1, 0.15) is 0 Å². The third kappa shape index (κ3) is 7.43. The van der Waals surface area contributed by atoms with Crippen LogP contribution in [0.1, 0.15) is 114 Å². The molecule has 184 valence electrons. The first-order valence-electron chi connectivity index (χ1n) is 14.6. The first-order valence-corrected chi connectivity index (χ1v) is 14.6. The van der Waals surface area contributed by atoms with Gasteiger partial charge in [-0.15, -0.1) is 0 Å². The first-order chi connectivity index (χ1) is 16.2. The van der Waals surface area contributed by atoms with Gasteiger partial charge in [-0.3, -0.25) is 4.39 Å². The van der Waals surface area contributed by atoms with Gasteiger partial charge in [-0.25, -0.2) is 0 Å². The molecule has 3 aliphatic rings. The SMILES string of the molecule is CC/C=C/c1ccc(CCC2CCC(C3CCC(C4CCC(CCF)CC4)CC3)CC2)cc1. The fraction of sp³-hybridized carbons (Fsp3) is 0.750. The Kier molecular flexibility index (Phi) is 9.93. The molecule has 0 amide bonds. The molecule has 0 spiro atoms. The number of aryl methyl sites for hydroxylation is 1. The van der Waals surface area contributed by atoms with E-state index in [-0.39, 0.29) is 6.67 Å². The summed E-state index contributed by atoms with van der Waals surface area (Å²) in [7, 11) is 0. The second kappa shape index (κ2) is 13.1. The number of halogens is 1. The maximum absolute atomic E-state index is 12.6. The number of allylic oxidation sites excluding steroid dienone is 1. The molecule has 0 atom stereocenters. The van der Waals surface area contributed by atoms with Gasteiger partial charge in [0, 0.05) is 0 Å². The third-order valence-corrected chi connectivity index (χ3v) is 9.82. The molecule has 4 rings (SSSR count). The van der Waals surface area contributed by atoms with Crippen LogP contribution in [0.3, 0.4) is 0 Å². The smallest absolute Gasteiger partial charge is 0.0897 e. The van der Waals surface area contributed by atoms with E-state index in [1.165, 1.54) is 101 Å². The number of rotatable bonds is 9. The monoisotopic (exact) mass is 452 g/mol. The van der Waals surface area contributed by atoms with Crippen LogP contribution in [0, 0.1) is 35.5 Å². The van der Waals surface area contributed by atoms with Crippen LogP contribution in [-0.4, -0.2) is 6.67 Å². The molecule has 0 N–H and O–H groups in total. The molecule has 0 unspecified atom stereocenters. The maximum Gasteiger partial charge on any atom is 0.0897 e. The molecule has 3 fully saturated rings. The van der Waals surface area contributed by atoms with Crippen molar-refractivity contribution in [2.75, 3.05) is 6.67 Å². The summed E-state index contributed by atoms with van der Waals surface area (Å²) in [6.45, 7) is 2.08. The minimum absolute atomic E-state index is 0.104. The van der Waals surface area contributed by atoms with Crippen molar-refractivity contribution in [3.63, 3.8) is 0 Å². The summed E-state index contributed by atoms with van der Waals surface area (Å²) in [6, 6.07) is 9.24. The zero-order valence-electron chi connectivity index (χ0n) is 21.3. The Bertz CT molecular complexity index is 680. The molecular formula is C32H49F. The van der Waals surface area contributed by atoms with Crippen LogP contribution in [0.4, 0.5) is 4.39 Å². The summed E-state index contributed by atoms with van der Waals surface area (Å²) in [6.07, 6.45) is 26.4. The Morgan fingerprint density at radius 3 is 1.58 bits per heavy atom. The van der Waals surface area contributed by atoms with E-state index < -0.39 is 0 Å². The predicted molar refractivity (Wildman–Crippen MR) is 141 cm³/mol. The predicted octanol–water partition coefficient (Wildman–Crippen LogP) is 9.82. The normalized spacial score (nSPS) is 33.4. The highest BCUT2D eigenvalue weighted by atomic mass is 19.1. The van der Waals surface area contributed by atoms with Gasteiger partial charge in [0.05, 0.1) is 6.67 Å². The average molecular weight is 453 g/mol. The molecule has 0 aliphatic heterocycles. The molecule has 1 heteroatoms. The van der Waals surface area contributed by atoms with Crippen molar-refractivity contribution in [3.05, 3.63) is 41.5 Å². The van der Waals surface area contributed by atoms with E-state index in [4.69, 9.17) is 0 Å². The lowest BCUT2D eigenvalue weighted by Crippen LogP contribution is -2.30. The van der Waals surface area contributed by atoms with Gasteiger partial charge < -0.3 is 0 Å². The number of hydrogen-bond acceptors (Lipinski definition) is 0. The van der Waals surface area contributed by atoms with Crippen LogP contribution >= 0.6 is 0 Å². The quantitative estimate of drug-likeness (QED) is 0.350. The van der Waals surface area contributed by atoms with Crippen molar-refractivity contribution in [2.24, 2.45) is 35.5 Å². The second-order valence-electron chi connectivity index (χ2n) is 11.8. The van der Waals surface area contributed by atoms with E-state index in [0.717, 1.165) is 42.4 Å². The summed E-state index contributed by atoms with van der Waals surface area (Å²) in [5.74, 6) is 5.65. The largest absolute Gasteiger partial charge is 0.251 e. The van der Waals surface area contributed by atoms with Gasteiger partial charge >= 0.3 is 0 Å². The van der Waals surface area contributed by atoms with Crippen molar-refractivity contribution in [3.8, 4) is 0 Å². The lowest BCUT2D eigenvalue weighted by atomic mass is 9.64. The Labute approximate surface area is 203 Å². The number of hydrogen-bond donors (Lipinski definition) is 0. The summed E-state index contributed by atoms with van der Waals surface area (Å²) >= 11 is 0. The number of alkyl halides is 1. The van der Waals surface area contributed by atoms with Crippen molar-refractivity contribution >= 4 is 6.08 Å². The summed E-state index contributed by atoms with van der Waals surface area (Å²) < 4.78 is 12.6. The molecule has 0 radical (unpaired) electrons. The van der Waals surface area contributed by atoms with E-state index in [1.54, 1.807) is 0 Å². The van der Waals surface area contributed by atoms with Gasteiger partial charge in [-0.1, -0.05) is 69.0 Å². The van der Waals surface area contributed by atoms with Gasteiger partial charge in [-0.05, 0) is 124 Å². The molecule has 3 saturated carbocycles. The van der Waals surface area contributed by atoms with Gasteiger partial charge in [0.2, 0.25) is 0 Å². The van der Waals surface area contributed by atoms with Gasteiger partial charge in [0.15, 0.2) is 0 Å². The Balaban J connectivity index is 1.12. The average Bonchev–Trinajstić information content (AvgIpc) is 2.88. The lowest BCUT2D eigenvalue weighted by Gasteiger charge is -2.41. The summed E-state index contributed by atoms with van der Waals surface area (Å²) in [4.78, 5) is 0. The molecule has 1 aromatic carbocycles. The van der Waals surface area contributed by atoms with E-state index in [9.17, 15) is 4.39 Å². The number of benzene rings is 1. The van der Waals surface area contributed by atoms with Crippen LogP contribution in [0.5, 0.6) is 0 Å². The van der Waals surface area contributed by atoms with E-state index in [1.807, 2.05) is 0 Å². The molecule has 1 aromatic rings. The highest BCUT2D eigenvalue weighted by molar-refractivity contribution is 5.49. The standard InChI is InChI=1S/C32H49F/c1-2-3-4-25-5-7-26(8-6-25)9-10-27-11-15-29(16-12-27)31-19-21-32(22-20-31)30-17-13-28(14-18-30)23-24-33/h3-8,27-32H,2,9-24H2,1H3/b4-3+. The summed E-state index contributed by atoms with van der Waals surface area (Å²) in [5, 5.41) is 0. The molecule has 3 aliphatic carbocycles. The fourth-order valence-electron chi connectivity index (χ4n) is 7.56. The van der Waals surface area contributed by atoms with Gasteiger partial charge in [0.25, 0.3) is 0 Å². The van der Waals surface area contributed by atoms with E-state index in [0.29, 0.717) is 5.92 Å². The van der Waals surface area contributed by atoms with Gasteiger partial charge in [-0.2, -0.15) is 0 Å². The summed E-state index contributed by atoms with van der Waals surface area (Å²) in [5.41, 5.74) is 2.85. The van der Waals surface area contributed by atoms with Crippen LogP contribution in [0.15, 0.2) is 30.3 Å². The van der Waals surface area contributed by atoms with Crippen LogP contribution in [0.2, 0.25) is 0 Å². The Morgan fingerprint density at radius 1 is 0.667 bits per heavy atom. The molecule has 33 heavy (non-hydrogen) atoms. The molecule has 0 saturated heterocycles. The molecule has 0 bridgehead atoms. The molecule has 0 heterocycles.